The normalized spacial score (nSPS) is 13.2. The largest absolute Gasteiger partial charge is 0.450 e. The molecule has 0 saturated carbocycles. The molecule has 0 radical (unpaired) electrons. The minimum absolute atomic E-state index is 0.142. The van der Waals surface area contributed by atoms with E-state index in [-0.39, 0.29) is 25.7 Å². The quantitative estimate of drug-likeness (QED) is 0.0174. The van der Waals surface area contributed by atoms with E-state index in [4.69, 9.17) is 18.9 Å². The van der Waals surface area contributed by atoms with Crippen LogP contribution < -0.4 is 0 Å². The lowest BCUT2D eigenvalue weighted by Gasteiger charge is -2.40. The minimum atomic E-state index is -3.76. The third-order valence-electron chi connectivity index (χ3n) is 16.4. The molecule has 0 heterocycles. The van der Waals surface area contributed by atoms with Crippen molar-refractivity contribution in [2.75, 3.05) is 0 Å². The van der Waals surface area contributed by atoms with E-state index < -0.39 is 41.9 Å². The summed E-state index contributed by atoms with van der Waals surface area (Å²) in [5, 5.41) is 36.0. The molecule has 0 bridgehead atoms. The predicted octanol–water partition coefficient (Wildman–Crippen LogP) is 22.0. The molecule has 2 atom stereocenters. The lowest BCUT2D eigenvalue weighted by atomic mass is 10.1. The van der Waals surface area contributed by atoms with Crippen LogP contribution in [0, 0.1) is 0 Å². The minimum Gasteiger partial charge on any atom is -0.428 e. The summed E-state index contributed by atoms with van der Waals surface area (Å²) in [6, 6.07) is 0. The van der Waals surface area contributed by atoms with Crippen LogP contribution in [0.25, 0.3) is 0 Å². The first-order valence-corrected chi connectivity index (χ1v) is 36.6. The van der Waals surface area contributed by atoms with E-state index in [1.807, 2.05) is 0 Å². The molecule has 502 valence electrons. The van der Waals surface area contributed by atoms with Crippen molar-refractivity contribution in [1.29, 1.82) is 0 Å². The number of aliphatic hydroxyl groups excluding tert-OH is 1. The topological polar surface area (TPSA) is 166 Å². The summed E-state index contributed by atoms with van der Waals surface area (Å²) in [6.07, 6.45) is 69.4. The Hall–Kier alpha value is -3.28. The standard InChI is InChI=1S/C75H136O11/c1-5-9-13-17-21-25-29-33-37-41-45-49-53-57-61-65-69(76)83-73(80)74(81,84-70(77)66-62-58-54-50-46-42-38-34-30-26-22-18-14-10-6-2)75(82,85-71(78)67-63-59-55-51-47-43-39-35-31-27-23-19-15-11-7-3)86-72(79)68-64-60-56-52-48-44-40-36-32-28-24-20-16-12-8-4/h33-40,73,80-82H,5-32,41-68H2,1-4H3/b37-33-,38-34-,39-35-,40-36-. The Morgan fingerprint density at radius 2 is 0.465 bits per heavy atom. The SMILES string of the molecule is CCCCCCCC/C=C\CCCCCCCC(=O)OC(O)C(O)(OC(=O)CCCCCCC/C=C\CCCCCCCC)C(O)(OC(=O)CCCCCCC/C=C\CCCCCCCC)OC(=O)CCCCCCC/C=C\CCCCCCCC. The molecule has 0 aromatic heterocycles. The van der Waals surface area contributed by atoms with Gasteiger partial charge in [-0.15, -0.1) is 0 Å². The van der Waals surface area contributed by atoms with Gasteiger partial charge in [0.25, 0.3) is 6.29 Å². The third kappa shape index (κ3) is 52.6. The summed E-state index contributed by atoms with van der Waals surface area (Å²) in [5.41, 5.74) is 0. The van der Waals surface area contributed by atoms with Crippen LogP contribution in [0.15, 0.2) is 48.6 Å². The monoisotopic (exact) mass is 1210 g/mol. The number of esters is 4. The molecule has 0 aliphatic carbocycles. The summed E-state index contributed by atoms with van der Waals surface area (Å²) in [6.45, 7) is 8.94. The van der Waals surface area contributed by atoms with Crippen LogP contribution in [0.5, 0.6) is 0 Å². The first kappa shape index (κ1) is 82.7. The summed E-state index contributed by atoms with van der Waals surface area (Å²) < 4.78 is 21.6. The Labute approximate surface area is 528 Å². The summed E-state index contributed by atoms with van der Waals surface area (Å²) in [5.74, 6) is -11.6. The maximum Gasteiger partial charge on any atom is 0.450 e. The molecular weight excluding hydrogens is 1080 g/mol. The maximum absolute atomic E-state index is 13.6. The number of aliphatic hydroxyl groups is 3. The van der Waals surface area contributed by atoms with E-state index in [1.165, 1.54) is 154 Å². The molecule has 0 aromatic carbocycles. The van der Waals surface area contributed by atoms with Gasteiger partial charge in [-0.2, -0.15) is 0 Å². The zero-order valence-corrected chi connectivity index (χ0v) is 56.4. The highest BCUT2D eigenvalue weighted by atomic mass is 16.9. The zero-order chi connectivity index (χ0) is 63.0. The second kappa shape index (κ2) is 63.3. The third-order valence-corrected chi connectivity index (χ3v) is 16.4. The molecule has 11 nitrogen and oxygen atoms in total. The molecule has 86 heavy (non-hydrogen) atoms. The Morgan fingerprint density at radius 3 is 0.698 bits per heavy atom. The van der Waals surface area contributed by atoms with Crippen LogP contribution in [-0.2, 0) is 38.1 Å². The molecule has 2 unspecified atom stereocenters. The van der Waals surface area contributed by atoms with Crippen LogP contribution in [0.1, 0.15) is 387 Å². The van der Waals surface area contributed by atoms with Crippen molar-refractivity contribution >= 4 is 23.9 Å². The number of hydrogen-bond donors (Lipinski definition) is 3. The molecule has 3 N–H and O–H groups in total. The Kier molecular flexibility index (Phi) is 60.9. The number of allylic oxidation sites excluding steroid dienone is 8. The molecule has 0 saturated heterocycles. The number of rotatable bonds is 66. The van der Waals surface area contributed by atoms with E-state index in [0.717, 1.165) is 128 Å². The molecule has 0 spiro atoms. The number of ether oxygens (including phenoxy) is 4. The van der Waals surface area contributed by atoms with E-state index in [0.29, 0.717) is 51.4 Å². The number of unbranched alkanes of at least 4 members (excludes halogenated alkanes) is 44. The van der Waals surface area contributed by atoms with E-state index in [9.17, 15) is 34.5 Å². The lowest BCUT2D eigenvalue weighted by molar-refractivity contribution is -0.476. The fourth-order valence-corrected chi connectivity index (χ4v) is 10.7. The van der Waals surface area contributed by atoms with Crippen molar-refractivity contribution in [2.45, 2.75) is 405 Å². The highest BCUT2D eigenvalue weighted by Crippen LogP contribution is 2.34. The number of hydrogen-bond acceptors (Lipinski definition) is 11. The van der Waals surface area contributed by atoms with Gasteiger partial charge in [-0.05, 0) is 128 Å². The average molecular weight is 1210 g/mol. The Bertz CT molecular complexity index is 1600. The molecular formula is C75H136O11. The highest BCUT2D eigenvalue weighted by Gasteiger charge is 2.67. The van der Waals surface area contributed by atoms with Crippen molar-refractivity contribution in [3.63, 3.8) is 0 Å². The first-order valence-electron chi connectivity index (χ1n) is 36.6. The zero-order valence-electron chi connectivity index (χ0n) is 56.4. The average Bonchev–Trinajstić information content (AvgIpc) is 2.80. The molecule has 0 amide bonds. The highest BCUT2D eigenvalue weighted by molar-refractivity contribution is 5.73. The fourth-order valence-electron chi connectivity index (χ4n) is 10.7. The van der Waals surface area contributed by atoms with Crippen molar-refractivity contribution < 1.29 is 53.4 Å². The van der Waals surface area contributed by atoms with Gasteiger partial charge in [0.15, 0.2) is 0 Å². The Morgan fingerprint density at radius 1 is 0.279 bits per heavy atom. The van der Waals surface area contributed by atoms with Crippen molar-refractivity contribution in [3.8, 4) is 0 Å². The molecule has 0 aliphatic rings. The van der Waals surface area contributed by atoms with Crippen LogP contribution in [0.3, 0.4) is 0 Å². The van der Waals surface area contributed by atoms with Gasteiger partial charge in [-0.3, -0.25) is 19.2 Å². The summed E-state index contributed by atoms with van der Waals surface area (Å²) in [4.78, 5) is 54.2. The lowest BCUT2D eigenvalue weighted by Crippen LogP contribution is -2.68. The smallest absolute Gasteiger partial charge is 0.428 e. The van der Waals surface area contributed by atoms with Gasteiger partial charge in [-0.1, -0.05) is 282 Å². The Balaban J connectivity index is 5.86. The maximum atomic E-state index is 13.6. The van der Waals surface area contributed by atoms with Crippen LogP contribution in [0.2, 0.25) is 0 Å². The van der Waals surface area contributed by atoms with Crippen LogP contribution in [-0.4, -0.2) is 57.2 Å². The molecule has 0 fully saturated rings. The number of carbonyl (C=O) groups is 4. The van der Waals surface area contributed by atoms with Gasteiger partial charge < -0.3 is 34.3 Å². The van der Waals surface area contributed by atoms with Gasteiger partial charge >= 0.3 is 35.6 Å². The molecule has 11 heteroatoms. The van der Waals surface area contributed by atoms with E-state index in [1.54, 1.807) is 0 Å². The van der Waals surface area contributed by atoms with E-state index in [2.05, 4.69) is 76.3 Å². The van der Waals surface area contributed by atoms with Crippen molar-refractivity contribution in [1.82, 2.24) is 0 Å². The fraction of sp³-hybridized carbons (Fsp3) is 0.840. The van der Waals surface area contributed by atoms with Crippen LogP contribution >= 0.6 is 0 Å². The van der Waals surface area contributed by atoms with Crippen molar-refractivity contribution in [2.24, 2.45) is 0 Å². The molecule has 0 aliphatic heterocycles. The van der Waals surface area contributed by atoms with Crippen molar-refractivity contribution in [3.05, 3.63) is 48.6 Å². The van der Waals surface area contributed by atoms with Gasteiger partial charge in [0.05, 0.1) is 0 Å². The van der Waals surface area contributed by atoms with Gasteiger partial charge in [0.2, 0.25) is 0 Å². The molecule has 0 rings (SSSR count). The first-order chi connectivity index (χ1) is 42.0. The summed E-state index contributed by atoms with van der Waals surface area (Å²) >= 11 is 0. The second-order valence-electron chi connectivity index (χ2n) is 24.9. The second-order valence-corrected chi connectivity index (χ2v) is 24.9. The predicted molar refractivity (Wildman–Crippen MR) is 358 cm³/mol. The van der Waals surface area contributed by atoms with Gasteiger partial charge in [0.1, 0.15) is 0 Å². The van der Waals surface area contributed by atoms with Gasteiger partial charge in [-0.25, -0.2) is 0 Å². The molecule has 0 aromatic rings. The number of carbonyl (C=O) groups excluding carboxylic acids is 4. The van der Waals surface area contributed by atoms with Crippen LogP contribution in [0.4, 0.5) is 0 Å². The van der Waals surface area contributed by atoms with Gasteiger partial charge in [0, 0.05) is 25.7 Å². The summed E-state index contributed by atoms with van der Waals surface area (Å²) in [7, 11) is 0. The van der Waals surface area contributed by atoms with E-state index >= 15 is 0 Å².